The van der Waals surface area contributed by atoms with Crippen molar-refractivity contribution in [3.8, 4) is 0 Å². The minimum Gasteiger partial charge on any atom is -0.302 e. The van der Waals surface area contributed by atoms with E-state index >= 15 is 0 Å². The van der Waals surface area contributed by atoms with E-state index in [4.69, 9.17) is 0 Å². The minimum atomic E-state index is 0.764. The Balaban J connectivity index is 2.38. The molecule has 0 aromatic rings. The normalized spacial score (nSPS) is 22.9. The largest absolute Gasteiger partial charge is 0.302 e. The lowest BCUT2D eigenvalue weighted by Crippen LogP contribution is -2.41. The summed E-state index contributed by atoms with van der Waals surface area (Å²) in [4.78, 5) is 2.68. The molecule has 1 fully saturated rings. The molecule has 0 aliphatic carbocycles. The van der Waals surface area contributed by atoms with Gasteiger partial charge in [0.1, 0.15) is 0 Å². The van der Waals surface area contributed by atoms with Gasteiger partial charge >= 0.3 is 0 Å². The van der Waals surface area contributed by atoms with Crippen molar-refractivity contribution in [3.63, 3.8) is 0 Å². The fourth-order valence-electron chi connectivity index (χ4n) is 3.54. The van der Waals surface area contributed by atoms with E-state index in [1.54, 1.807) is 0 Å². The van der Waals surface area contributed by atoms with Crippen molar-refractivity contribution in [1.82, 2.24) is 10.2 Å². The van der Waals surface area contributed by atoms with Crippen LogP contribution in [0.1, 0.15) is 104 Å². The van der Waals surface area contributed by atoms with Crippen LogP contribution in [0.3, 0.4) is 0 Å². The van der Waals surface area contributed by atoms with Crippen LogP contribution in [-0.2, 0) is 0 Å². The van der Waals surface area contributed by atoms with Crippen molar-refractivity contribution < 1.29 is 0 Å². The molecule has 1 N–H and O–H groups in total. The molecule has 0 radical (unpaired) electrons. The van der Waals surface area contributed by atoms with Crippen LogP contribution < -0.4 is 5.32 Å². The zero-order valence-corrected chi connectivity index (χ0v) is 15.5. The topological polar surface area (TPSA) is 15.3 Å². The van der Waals surface area contributed by atoms with Crippen molar-refractivity contribution >= 4 is 0 Å². The first-order valence-electron chi connectivity index (χ1n) is 10.3. The molecule has 0 saturated carbocycles. The van der Waals surface area contributed by atoms with Gasteiger partial charge in [0.2, 0.25) is 0 Å². The maximum Gasteiger partial charge on any atom is 0.0482 e. The first-order valence-corrected chi connectivity index (χ1v) is 10.3. The summed E-state index contributed by atoms with van der Waals surface area (Å²) in [6.45, 7) is 8.34. The summed E-state index contributed by atoms with van der Waals surface area (Å²) in [5.74, 6) is 0. The molecule has 1 rings (SSSR count). The van der Waals surface area contributed by atoms with Crippen molar-refractivity contribution in [1.29, 1.82) is 0 Å². The Kier molecular flexibility index (Phi) is 13.2. The summed E-state index contributed by atoms with van der Waals surface area (Å²) in [7, 11) is 0. The number of hydrogen-bond acceptors (Lipinski definition) is 2. The van der Waals surface area contributed by atoms with Crippen LogP contribution in [-0.4, -0.2) is 30.7 Å². The van der Waals surface area contributed by atoms with Gasteiger partial charge in [0.15, 0.2) is 0 Å². The molecule has 2 nitrogen and oxygen atoms in total. The lowest BCUT2D eigenvalue weighted by Gasteiger charge is -2.27. The zero-order chi connectivity index (χ0) is 15.9. The Bertz CT molecular complexity index is 206. The zero-order valence-electron chi connectivity index (χ0n) is 15.5. The lowest BCUT2D eigenvalue weighted by atomic mass is 10.0. The molecule has 0 aromatic carbocycles. The standard InChI is InChI=1S/C20H42N2/c1-3-5-11-15-20-16-12-9-7-8-10-14-18-22(19-21-20)17-13-6-4-2/h20-21H,3-19H2,1-2H3. The number of nitrogens with zero attached hydrogens (tertiary/aromatic N) is 1. The fourth-order valence-corrected chi connectivity index (χ4v) is 3.54. The highest BCUT2D eigenvalue weighted by molar-refractivity contribution is 4.69. The van der Waals surface area contributed by atoms with Crippen molar-refractivity contribution in [2.45, 2.75) is 110 Å². The van der Waals surface area contributed by atoms with Gasteiger partial charge in [0.25, 0.3) is 0 Å². The summed E-state index contributed by atoms with van der Waals surface area (Å²) in [5.41, 5.74) is 0. The monoisotopic (exact) mass is 310 g/mol. The van der Waals surface area contributed by atoms with Gasteiger partial charge in [-0.15, -0.1) is 0 Å². The second-order valence-corrected chi connectivity index (χ2v) is 7.29. The predicted molar refractivity (Wildman–Crippen MR) is 99.3 cm³/mol. The summed E-state index contributed by atoms with van der Waals surface area (Å²) >= 11 is 0. The number of hydrogen-bond donors (Lipinski definition) is 1. The van der Waals surface area contributed by atoms with Gasteiger partial charge in [-0.05, 0) is 38.8 Å². The highest BCUT2D eigenvalue weighted by atomic mass is 15.2. The molecule has 1 heterocycles. The van der Waals surface area contributed by atoms with Crippen LogP contribution in [0.5, 0.6) is 0 Å². The predicted octanol–water partition coefficient (Wildman–Crippen LogP) is 5.72. The Morgan fingerprint density at radius 1 is 0.818 bits per heavy atom. The number of unbranched alkanes of at least 4 members (excludes halogenated alkanes) is 4. The molecular weight excluding hydrogens is 268 g/mol. The maximum atomic E-state index is 3.90. The molecule has 132 valence electrons. The smallest absolute Gasteiger partial charge is 0.0482 e. The van der Waals surface area contributed by atoms with E-state index in [9.17, 15) is 0 Å². The van der Waals surface area contributed by atoms with Gasteiger partial charge in [-0.2, -0.15) is 0 Å². The van der Waals surface area contributed by atoms with Gasteiger partial charge in [-0.25, -0.2) is 0 Å². The molecule has 2 heteroatoms. The van der Waals surface area contributed by atoms with Crippen LogP contribution >= 0.6 is 0 Å². The SMILES string of the molecule is CCCCCC1CCCCCCCCN(CCCCC)CN1. The third kappa shape index (κ3) is 10.6. The molecule has 0 bridgehead atoms. The van der Waals surface area contributed by atoms with Crippen molar-refractivity contribution in [2.75, 3.05) is 19.8 Å². The second kappa shape index (κ2) is 14.5. The average Bonchev–Trinajstić information content (AvgIpc) is 2.52. The van der Waals surface area contributed by atoms with E-state index in [1.165, 1.54) is 103 Å². The first kappa shape index (κ1) is 20.0. The van der Waals surface area contributed by atoms with Crippen LogP contribution in [0.2, 0.25) is 0 Å². The highest BCUT2D eigenvalue weighted by Crippen LogP contribution is 2.14. The van der Waals surface area contributed by atoms with Crippen molar-refractivity contribution in [3.05, 3.63) is 0 Å². The van der Waals surface area contributed by atoms with Gasteiger partial charge in [0, 0.05) is 12.7 Å². The minimum absolute atomic E-state index is 0.764. The van der Waals surface area contributed by atoms with Gasteiger partial charge in [-0.3, -0.25) is 4.90 Å². The maximum absolute atomic E-state index is 3.90. The third-order valence-corrected chi connectivity index (χ3v) is 5.11. The molecule has 1 unspecified atom stereocenters. The van der Waals surface area contributed by atoms with Crippen LogP contribution in [0.15, 0.2) is 0 Å². The molecule has 0 spiro atoms. The van der Waals surface area contributed by atoms with E-state index < -0.39 is 0 Å². The molecule has 0 amide bonds. The van der Waals surface area contributed by atoms with Gasteiger partial charge in [-0.1, -0.05) is 78.1 Å². The molecule has 1 aliphatic heterocycles. The van der Waals surface area contributed by atoms with Crippen LogP contribution in [0.4, 0.5) is 0 Å². The molecular formula is C20H42N2. The van der Waals surface area contributed by atoms with Crippen LogP contribution in [0, 0.1) is 0 Å². The Morgan fingerprint density at radius 3 is 2.27 bits per heavy atom. The second-order valence-electron chi connectivity index (χ2n) is 7.29. The molecule has 1 saturated heterocycles. The fraction of sp³-hybridized carbons (Fsp3) is 1.00. The average molecular weight is 311 g/mol. The quantitative estimate of drug-likeness (QED) is 0.577. The highest BCUT2D eigenvalue weighted by Gasteiger charge is 2.11. The summed E-state index contributed by atoms with van der Waals surface area (Å²) < 4.78 is 0. The summed E-state index contributed by atoms with van der Waals surface area (Å²) in [5, 5.41) is 3.90. The number of nitrogens with one attached hydrogen (secondary N) is 1. The Morgan fingerprint density at radius 2 is 1.50 bits per heavy atom. The van der Waals surface area contributed by atoms with Crippen molar-refractivity contribution in [2.24, 2.45) is 0 Å². The first-order chi connectivity index (χ1) is 10.9. The van der Waals surface area contributed by atoms with Gasteiger partial charge in [0.05, 0.1) is 0 Å². The van der Waals surface area contributed by atoms with E-state index in [2.05, 4.69) is 24.1 Å². The Hall–Kier alpha value is -0.0800. The third-order valence-electron chi connectivity index (χ3n) is 5.11. The molecule has 1 aliphatic rings. The van der Waals surface area contributed by atoms with E-state index in [0.29, 0.717) is 0 Å². The van der Waals surface area contributed by atoms with Gasteiger partial charge < -0.3 is 5.32 Å². The Labute approximate surface area is 140 Å². The summed E-state index contributed by atoms with van der Waals surface area (Å²) in [6.07, 6.45) is 19.6. The lowest BCUT2D eigenvalue weighted by molar-refractivity contribution is 0.220. The molecule has 0 aromatic heterocycles. The molecule has 22 heavy (non-hydrogen) atoms. The van der Waals surface area contributed by atoms with E-state index in [0.717, 1.165) is 12.7 Å². The van der Waals surface area contributed by atoms with Crippen LogP contribution in [0.25, 0.3) is 0 Å². The summed E-state index contributed by atoms with van der Waals surface area (Å²) in [6, 6.07) is 0.764. The molecule has 1 atom stereocenters. The number of rotatable bonds is 8. The van der Waals surface area contributed by atoms with E-state index in [-0.39, 0.29) is 0 Å². The van der Waals surface area contributed by atoms with E-state index in [1.807, 2.05) is 0 Å².